The van der Waals surface area contributed by atoms with Gasteiger partial charge in [0, 0.05) is 24.7 Å². The van der Waals surface area contributed by atoms with Gasteiger partial charge in [0.2, 0.25) is 5.88 Å². The molecule has 0 spiro atoms. The number of nitrogens with zero attached hydrogens (tertiary/aromatic N) is 3. The van der Waals surface area contributed by atoms with E-state index in [9.17, 15) is 4.79 Å². The lowest BCUT2D eigenvalue weighted by molar-refractivity contribution is -0.00350. The molecule has 4 aliphatic rings. The fourth-order valence-electron chi connectivity index (χ4n) is 5.52. The standard InChI is InChI=1S/C22H25N3O2/c1-27-21-17(8-5-11-23-21)22(26)25-14-18(15-6-3-2-4-7-15)20-19(25)16-9-12-24(20)13-10-16/h2-8,11,16,18-20H,9-10,12-14H2,1H3/t18-,19+,20+/m0/s1. The summed E-state index contributed by atoms with van der Waals surface area (Å²) in [6, 6.07) is 15.1. The first-order chi connectivity index (χ1) is 13.3. The van der Waals surface area contributed by atoms with Crippen molar-refractivity contribution in [1.29, 1.82) is 0 Å². The Morgan fingerprint density at radius 2 is 1.85 bits per heavy atom. The van der Waals surface area contributed by atoms with Crippen LogP contribution >= 0.6 is 0 Å². The summed E-state index contributed by atoms with van der Waals surface area (Å²) >= 11 is 0. The molecule has 0 aliphatic carbocycles. The molecular weight excluding hydrogens is 338 g/mol. The Labute approximate surface area is 159 Å². The van der Waals surface area contributed by atoms with Crippen molar-refractivity contribution in [2.24, 2.45) is 5.92 Å². The van der Waals surface area contributed by atoms with Gasteiger partial charge in [0.25, 0.3) is 5.91 Å². The summed E-state index contributed by atoms with van der Waals surface area (Å²) in [5.74, 6) is 1.44. The summed E-state index contributed by atoms with van der Waals surface area (Å²) in [6.07, 6.45) is 4.05. The highest BCUT2D eigenvalue weighted by atomic mass is 16.5. The minimum Gasteiger partial charge on any atom is -0.480 e. The Morgan fingerprint density at radius 3 is 2.59 bits per heavy atom. The molecule has 0 radical (unpaired) electrons. The quantitative estimate of drug-likeness (QED) is 0.841. The Morgan fingerprint density at radius 1 is 1.07 bits per heavy atom. The number of amides is 1. The number of carbonyl (C=O) groups is 1. The van der Waals surface area contributed by atoms with E-state index in [1.807, 2.05) is 12.1 Å². The lowest BCUT2D eigenvalue weighted by atomic mass is 9.75. The summed E-state index contributed by atoms with van der Waals surface area (Å²) in [7, 11) is 1.58. The van der Waals surface area contributed by atoms with Gasteiger partial charge in [-0.25, -0.2) is 4.98 Å². The third-order valence-electron chi connectivity index (χ3n) is 6.68. The van der Waals surface area contributed by atoms with Gasteiger partial charge >= 0.3 is 0 Å². The highest BCUT2D eigenvalue weighted by molar-refractivity contribution is 5.97. The monoisotopic (exact) mass is 363 g/mol. The van der Waals surface area contributed by atoms with Gasteiger partial charge in [-0.15, -0.1) is 0 Å². The molecule has 27 heavy (non-hydrogen) atoms. The van der Waals surface area contributed by atoms with E-state index in [1.165, 1.54) is 18.4 Å². The lowest BCUT2D eigenvalue weighted by Gasteiger charge is -2.51. The van der Waals surface area contributed by atoms with Crippen LogP contribution in [0.1, 0.15) is 34.7 Å². The minimum atomic E-state index is 0.0575. The van der Waals surface area contributed by atoms with Crippen LogP contribution in [0.2, 0.25) is 0 Å². The van der Waals surface area contributed by atoms with Crippen molar-refractivity contribution < 1.29 is 9.53 Å². The van der Waals surface area contributed by atoms with E-state index in [4.69, 9.17) is 4.74 Å². The number of ether oxygens (including phenoxy) is 1. The Balaban J connectivity index is 1.54. The van der Waals surface area contributed by atoms with Crippen LogP contribution < -0.4 is 4.74 Å². The second-order valence-corrected chi connectivity index (χ2v) is 7.89. The Hall–Kier alpha value is -2.40. The van der Waals surface area contributed by atoms with Gasteiger partial charge in [0.15, 0.2) is 0 Å². The smallest absolute Gasteiger partial charge is 0.259 e. The molecule has 5 heterocycles. The van der Waals surface area contributed by atoms with Crippen molar-refractivity contribution >= 4 is 5.91 Å². The zero-order valence-corrected chi connectivity index (χ0v) is 15.6. The number of carbonyl (C=O) groups excluding carboxylic acids is 1. The highest BCUT2D eigenvalue weighted by Crippen LogP contribution is 2.47. The van der Waals surface area contributed by atoms with Crippen LogP contribution in [0.5, 0.6) is 5.88 Å². The molecule has 1 amide bonds. The Bertz CT molecular complexity index is 832. The molecule has 5 nitrogen and oxygen atoms in total. The molecule has 140 valence electrons. The van der Waals surface area contributed by atoms with Crippen molar-refractivity contribution in [2.75, 3.05) is 26.7 Å². The zero-order chi connectivity index (χ0) is 18.4. The van der Waals surface area contributed by atoms with Crippen LogP contribution in [0.25, 0.3) is 0 Å². The molecule has 0 saturated carbocycles. The van der Waals surface area contributed by atoms with Gasteiger partial charge in [-0.1, -0.05) is 30.3 Å². The topological polar surface area (TPSA) is 45.7 Å². The number of methoxy groups -OCH3 is 1. The predicted molar refractivity (Wildman–Crippen MR) is 103 cm³/mol. The number of likely N-dealkylation sites (tertiary alicyclic amines) is 1. The van der Waals surface area contributed by atoms with Crippen LogP contribution in [-0.2, 0) is 0 Å². The maximum Gasteiger partial charge on any atom is 0.259 e. The number of hydrogen-bond donors (Lipinski definition) is 0. The molecule has 5 heteroatoms. The summed E-state index contributed by atoms with van der Waals surface area (Å²) in [4.78, 5) is 22.5. The number of benzene rings is 1. The molecule has 6 rings (SSSR count). The second kappa shape index (κ2) is 6.64. The first-order valence-electron chi connectivity index (χ1n) is 9.87. The van der Waals surface area contributed by atoms with Gasteiger partial charge in [-0.05, 0) is 49.5 Å². The van der Waals surface area contributed by atoms with Crippen LogP contribution in [-0.4, -0.2) is 59.5 Å². The molecule has 4 aliphatic heterocycles. The third-order valence-corrected chi connectivity index (χ3v) is 6.68. The summed E-state index contributed by atoms with van der Waals surface area (Å²) in [5.41, 5.74) is 1.91. The van der Waals surface area contributed by atoms with E-state index in [1.54, 1.807) is 13.3 Å². The first kappa shape index (κ1) is 16.8. The zero-order valence-electron chi connectivity index (χ0n) is 15.6. The molecule has 4 saturated heterocycles. The number of aromatic nitrogens is 1. The largest absolute Gasteiger partial charge is 0.480 e. The van der Waals surface area contributed by atoms with Crippen molar-refractivity contribution in [2.45, 2.75) is 30.8 Å². The summed E-state index contributed by atoms with van der Waals surface area (Å²) in [5, 5.41) is 0. The van der Waals surface area contributed by atoms with Gasteiger partial charge in [-0.3, -0.25) is 9.69 Å². The summed E-state index contributed by atoms with van der Waals surface area (Å²) in [6.45, 7) is 3.09. The maximum absolute atomic E-state index is 13.5. The normalized spacial score (nSPS) is 31.6. The van der Waals surface area contributed by atoms with E-state index in [2.05, 4.69) is 45.1 Å². The van der Waals surface area contributed by atoms with Crippen LogP contribution in [0, 0.1) is 5.92 Å². The van der Waals surface area contributed by atoms with Gasteiger partial charge in [-0.2, -0.15) is 0 Å². The second-order valence-electron chi connectivity index (χ2n) is 7.89. The van der Waals surface area contributed by atoms with E-state index in [-0.39, 0.29) is 11.9 Å². The minimum absolute atomic E-state index is 0.0575. The Kier molecular flexibility index (Phi) is 4.12. The molecule has 2 bridgehead atoms. The van der Waals surface area contributed by atoms with E-state index in [0.29, 0.717) is 29.3 Å². The van der Waals surface area contributed by atoms with Gasteiger partial charge in [0.05, 0.1) is 13.2 Å². The molecule has 1 aromatic carbocycles. The number of fused-ring (bicyclic) bond motifs is 2. The molecular formula is C22H25N3O2. The van der Waals surface area contributed by atoms with Crippen molar-refractivity contribution in [3.8, 4) is 5.88 Å². The predicted octanol–water partition coefficient (Wildman–Crippen LogP) is 2.79. The number of pyridine rings is 1. The molecule has 0 unspecified atom stereocenters. The fourth-order valence-corrected chi connectivity index (χ4v) is 5.52. The molecule has 4 fully saturated rings. The highest BCUT2D eigenvalue weighted by Gasteiger charge is 2.54. The maximum atomic E-state index is 13.5. The molecule has 1 aromatic heterocycles. The average Bonchev–Trinajstić information content (AvgIpc) is 3.17. The van der Waals surface area contributed by atoms with Crippen molar-refractivity contribution in [3.63, 3.8) is 0 Å². The molecule has 0 N–H and O–H groups in total. The lowest BCUT2D eigenvalue weighted by Crippen LogP contribution is -2.60. The van der Waals surface area contributed by atoms with Crippen molar-refractivity contribution in [1.82, 2.24) is 14.8 Å². The summed E-state index contributed by atoms with van der Waals surface area (Å²) < 4.78 is 5.37. The average molecular weight is 363 g/mol. The SMILES string of the molecule is COc1ncccc1C(=O)N1C[C@@H](c2ccccc2)[C@@H]2[C@H]1C1CCN2CC1. The first-order valence-corrected chi connectivity index (χ1v) is 9.87. The van der Waals surface area contributed by atoms with Gasteiger partial charge < -0.3 is 9.64 Å². The van der Waals surface area contributed by atoms with Crippen molar-refractivity contribution in [3.05, 3.63) is 59.8 Å². The number of hydrogen-bond acceptors (Lipinski definition) is 4. The van der Waals surface area contributed by atoms with E-state index >= 15 is 0 Å². The van der Waals surface area contributed by atoms with E-state index in [0.717, 1.165) is 19.6 Å². The molecule has 2 aromatic rings. The van der Waals surface area contributed by atoms with E-state index < -0.39 is 0 Å². The van der Waals surface area contributed by atoms with Crippen LogP contribution in [0.4, 0.5) is 0 Å². The van der Waals surface area contributed by atoms with Crippen LogP contribution in [0.3, 0.4) is 0 Å². The fraction of sp³-hybridized carbons (Fsp3) is 0.455. The number of piperidine rings is 3. The third kappa shape index (κ3) is 2.64. The molecule has 3 atom stereocenters. The van der Waals surface area contributed by atoms with Gasteiger partial charge in [0.1, 0.15) is 5.56 Å². The number of rotatable bonds is 3. The van der Waals surface area contributed by atoms with Crippen LogP contribution in [0.15, 0.2) is 48.7 Å².